The number of ether oxygens (including phenoxy) is 1. The molecule has 0 amide bonds. The Morgan fingerprint density at radius 2 is 1.86 bits per heavy atom. The molecule has 1 saturated carbocycles. The Bertz CT molecular complexity index is 480. The second-order valence-corrected chi connectivity index (χ2v) is 6.87. The van der Waals surface area contributed by atoms with Crippen molar-refractivity contribution in [1.29, 1.82) is 0 Å². The number of rotatable bonds is 3. The van der Waals surface area contributed by atoms with Crippen LogP contribution in [-0.4, -0.2) is 12.6 Å². The van der Waals surface area contributed by atoms with Crippen molar-refractivity contribution in [2.24, 2.45) is 11.1 Å². The molecule has 1 aliphatic carbocycles. The van der Waals surface area contributed by atoms with Crippen molar-refractivity contribution in [2.45, 2.75) is 63.9 Å². The highest BCUT2D eigenvalue weighted by Gasteiger charge is 2.35. The first-order valence-electron chi connectivity index (χ1n) is 8.36. The molecule has 0 bridgehead atoms. The summed E-state index contributed by atoms with van der Waals surface area (Å²) in [6.07, 6.45) is 11.0. The Kier molecular flexibility index (Phi) is 4.48. The van der Waals surface area contributed by atoms with E-state index in [2.05, 4.69) is 0 Å². The first-order valence-corrected chi connectivity index (χ1v) is 8.36. The molecule has 1 fully saturated rings. The molecule has 1 aromatic rings. The van der Waals surface area contributed by atoms with E-state index in [0.29, 0.717) is 0 Å². The summed E-state index contributed by atoms with van der Waals surface area (Å²) in [5.41, 5.74) is 7.39. The minimum Gasteiger partial charge on any atom is -0.490 e. The Morgan fingerprint density at radius 3 is 2.57 bits per heavy atom. The average Bonchev–Trinajstić information content (AvgIpc) is 2.83. The van der Waals surface area contributed by atoms with Crippen LogP contribution < -0.4 is 10.5 Å². The van der Waals surface area contributed by atoms with E-state index >= 15 is 0 Å². The summed E-state index contributed by atoms with van der Waals surface area (Å²) in [5.74, 6) is 0.692. The molecule has 1 heterocycles. The van der Waals surface area contributed by atoms with Crippen LogP contribution in [0.25, 0.3) is 0 Å². The van der Waals surface area contributed by atoms with Gasteiger partial charge in [-0.15, -0.1) is 0 Å². The number of benzene rings is 1. The standard InChI is InChI=1S/C18H26FNO/c19-15-6-7-17-14(10-15)11-16(21-17)12-18(13-20)8-4-2-1-3-5-9-18/h6-7,10,16H,1-5,8-9,11-13,20H2. The summed E-state index contributed by atoms with van der Waals surface area (Å²) >= 11 is 0. The summed E-state index contributed by atoms with van der Waals surface area (Å²) in [6.45, 7) is 0.748. The maximum absolute atomic E-state index is 13.3. The third-order valence-electron chi connectivity index (χ3n) is 5.27. The van der Waals surface area contributed by atoms with Crippen LogP contribution in [0.1, 0.15) is 56.9 Å². The van der Waals surface area contributed by atoms with E-state index in [0.717, 1.165) is 30.7 Å². The molecule has 116 valence electrons. The second-order valence-electron chi connectivity index (χ2n) is 6.87. The zero-order valence-corrected chi connectivity index (χ0v) is 12.7. The van der Waals surface area contributed by atoms with Gasteiger partial charge in [0.1, 0.15) is 17.7 Å². The van der Waals surface area contributed by atoms with Gasteiger partial charge in [-0.25, -0.2) is 4.39 Å². The van der Waals surface area contributed by atoms with E-state index in [4.69, 9.17) is 10.5 Å². The van der Waals surface area contributed by atoms with Crippen LogP contribution in [0.3, 0.4) is 0 Å². The molecular formula is C18H26FNO. The smallest absolute Gasteiger partial charge is 0.123 e. The lowest BCUT2D eigenvalue weighted by Gasteiger charge is -2.36. The molecule has 21 heavy (non-hydrogen) atoms. The largest absolute Gasteiger partial charge is 0.490 e. The highest BCUT2D eigenvalue weighted by Crippen LogP contribution is 2.41. The first-order chi connectivity index (χ1) is 10.2. The van der Waals surface area contributed by atoms with Crippen molar-refractivity contribution >= 4 is 0 Å². The normalized spacial score (nSPS) is 24.8. The van der Waals surface area contributed by atoms with Gasteiger partial charge in [-0.3, -0.25) is 0 Å². The van der Waals surface area contributed by atoms with Gasteiger partial charge in [-0.1, -0.05) is 32.1 Å². The predicted octanol–water partition coefficient (Wildman–Crippen LogP) is 4.21. The van der Waals surface area contributed by atoms with Crippen LogP contribution in [0.15, 0.2) is 18.2 Å². The molecule has 0 aromatic heterocycles. The van der Waals surface area contributed by atoms with Gasteiger partial charge < -0.3 is 10.5 Å². The van der Waals surface area contributed by atoms with Crippen molar-refractivity contribution in [3.05, 3.63) is 29.6 Å². The first kappa shape index (κ1) is 14.8. The van der Waals surface area contributed by atoms with E-state index in [-0.39, 0.29) is 17.3 Å². The summed E-state index contributed by atoms with van der Waals surface area (Å²) in [7, 11) is 0. The molecule has 1 aromatic carbocycles. The van der Waals surface area contributed by atoms with Gasteiger partial charge in [-0.2, -0.15) is 0 Å². The highest BCUT2D eigenvalue weighted by atomic mass is 19.1. The van der Waals surface area contributed by atoms with Crippen molar-refractivity contribution in [3.63, 3.8) is 0 Å². The number of hydrogen-bond donors (Lipinski definition) is 1. The number of halogens is 1. The van der Waals surface area contributed by atoms with E-state index in [9.17, 15) is 4.39 Å². The third-order valence-corrected chi connectivity index (χ3v) is 5.27. The summed E-state index contributed by atoms with van der Waals surface area (Å²) in [5, 5.41) is 0. The van der Waals surface area contributed by atoms with Crippen molar-refractivity contribution in [1.82, 2.24) is 0 Å². The molecule has 3 rings (SSSR count). The number of hydrogen-bond acceptors (Lipinski definition) is 2. The van der Waals surface area contributed by atoms with Gasteiger partial charge >= 0.3 is 0 Å². The fourth-order valence-corrected chi connectivity index (χ4v) is 4.03. The zero-order chi connectivity index (χ0) is 14.7. The molecule has 3 heteroatoms. The molecular weight excluding hydrogens is 265 g/mol. The van der Waals surface area contributed by atoms with Crippen LogP contribution in [0.2, 0.25) is 0 Å². The quantitative estimate of drug-likeness (QED) is 0.905. The van der Waals surface area contributed by atoms with Crippen LogP contribution >= 0.6 is 0 Å². The van der Waals surface area contributed by atoms with Gasteiger partial charge in [-0.05, 0) is 49.4 Å². The van der Waals surface area contributed by atoms with Gasteiger partial charge in [0.2, 0.25) is 0 Å². The van der Waals surface area contributed by atoms with Gasteiger partial charge in [0, 0.05) is 12.0 Å². The average molecular weight is 291 g/mol. The minimum atomic E-state index is -0.169. The molecule has 0 saturated heterocycles. The van der Waals surface area contributed by atoms with Crippen LogP contribution in [0.4, 0.5) is 4.39 Å². The molecule has 1 aliphatic heterocycles. The van der Waals surface area contributed by atoms with Crippen LogP contribution in [-0.2, 0) is 6.42 Å². The van der Waals surface area contributed by atoms with Crippen LogP contribution in [0, 0.1) is 11.2 Å². The minimum absolute atomic E-state index is 0.169. The third kappa shape index (κ3) is 3.39. The molecule has 2 N–H and O–H groups in total. The van der Waals surface area contributed by atoms with Crippen molar-refractivity contribution in [3.8, 4) is 5.75 Å². The predicted molar refractivity (Wildman–Crippen MR) is 82.9 cm³/mol. The summed E-state index contributed by atoms with van der Waals surface area (Å²) < 4.78 is 19.4. The Balaban J connectivity index is 1.67. The summed E-state index contributed by atoms with van der Waals surface area (Å²) in [6, 6.07) is 4.86. The van der Waals surface area contributed by atoms with Gasteiger partial charge in [0.25, 0.3) is 0 Å². The lowest BCUT2D eigenvalue weighted by atomic mass is 9.72. The lowest BCUT2D eigenvalue weighted by Crippen LogP contribution is -2.36. The monoisotopic (exact) mass is 291 g/mol. The van der Waals surface area contributed by atoms with E-state index in [1.807, 2.05) is 0 Å². The van der Waals surface area contributed by atoms with Gasteiger partial charge in [0.15, 0.2) is 0 Å². The SMILES string of the molecule is NCC1(CC2Cc3cc(F)ccc3O2)CCCCCCC1. The second kappa shape index (κ2) is 6.35. The van der Waals surface area contributed by atoms with Crippen molar-refractivity contribution in [2.75, 3.05) is 6.54 Å². The van der Waals surface area contributed by atoms with Gasteiger partial charge in [0.05, 0.1) is 0 Å². The highest BCUT2D eigenvalue weighted by molar-refractivity contribution is 5.37. The van der Waals surface area contributed by atoms with Crippen molar-refractivity contribution < 1.29 is 9.13 Å². The Morgan fingerprint density at radius 1 is 1.14 bits per heavy atom. The number of nitrogens with two attached hydrogens (primary N) is 1. The zero-order valence-electron chi connectivity index (χ0n) is 12.7. The maximum atomic E-state index is 13.3. The van der Waals surface area contributed by atoms with E-state index in [1.165, 1.54) is 51.0 Å². The molecule has 0 radical (unpaired) electrons. The number of fused-ring (bicyclic) bond motifs is 1. The fourth-order valence-electron chi connectivity index (χ4n) is 4.03. The Hall–Kier alpha value is -1.09. The molecule has 2 nitrogen and oxygen atoms in total. The molecule has 0 spiro atoms. The van der Waals surface area contributed by atoms with Crippen LogP contribution in [0.5, 0.6) is 5.75 Å². The fraction of sp³-hybridized carbons (Fsp3) is 0.667. The lowest BCUT2D eigenvalue weighted by molar-refractivity contribution is 0.112. The van der Waals surface area contributed by atoms with E-state index < -0.39 is 0 Å². The Labute approximate surface area is 126 Å². The summed E-state index contributed by atoms with van der Waals surface area (Å²) in [4.78, 5) is 0. The van der Waals surface area contributed by atoms with E-state index in [1.54, 1.807) is 12.1 Å². The molecule has 1 unspecified atom stereocenters. The topological polar surface area (TPSA) is 35.2 Å². The maximum Gasteiger partial charge on any atom is 0.123 e. The molecule has 1 atom stereocenters. The molecule has 2 aliphatic rings.